The van der Waals surface area contributed by atoms with Crippen molar-refractivity contribution in [1.82, 2.24) is 0 Å². The van der Waals surface area contributed by atoms with Crippen molar-refractivity contribution < 1.29 is 33.3 Å². The van der Waals surface area contributed by atoms with Gasteiger partial charge in [-0.05, 0) is 30.5 Å². The van der Waals surface area contributed by atoms with Gasteiger partial charge in [0.25, 0.3) is 0 Å². The molecule has 0 aromatic heterocycles. The molecule has 1 aliphatic rings. The second-order valence-corrected chi connectivity index (χ2v) is 7.57. The van der Waals surface area contributed by atoms with Crippen LogP contribution in [0.4, 0.5) is 0 Å². The van der Waals surface area contributed by atoms with Crippen LogP contribution in [0.2, 0.25) is 0 Å². The predicted molar refractivity (Wildman–Crippen MR) is 110 cm³/mol. The van der Waals surface area contributed by atoms with Gasteiger partial charge in [0.05, 0.1) is 11.1 Å². The molecule has 0 bridgehead atoms. The van der Waals surface area contributed by atoms with Crippen LogP contribution in [0.1, 0.15) is 27.6 Å². The van der Waals surface area contributed by atoms with Crippen LogP contribution in [-0.2, 0) is 23.7 Å². The molecule has 0 radical (unpaired) electrons. The Kier molecular flexibility index (Phi) is 7.48. The van der Waals surface area contributed by atoms with E-state index in [9.17, 15) is 14.4 Å². The zero-order chi connectivity index (χ0) is 21.5. The number of hydrogen-bond acceptors (Lipinski definition) is 8. The highest BCUT2D eigenvalue weighted by Crippen LogP contribution is 2.33. The minimum atomic E-state index is -0.925. The topological polar surface area (TPSA) is 88.1 Å². The number of rotatable bonds is 7. The highest BCUT2D eigenvalue weighted by Gasteiger charge is 2.49. The summed E-state index contributed by atoms with van der Waals surface area (Å²) in [5.41, 5.74) is 0.777. The molecule has 2 aromatic carbocycles. The maximum Gasteiger partial charge on any atom is 0.338 e. The van der Waals surface area contributed by atoms with Gasteiger partial charge >= 0.3 is 17.9 Å². The third kappa shape index (κ3) is 5.40. The van der Waals surface area contributed by atoms with E-state index in [2.05, 4.69) is 0 Å². The summed E-state index contributed by atoms with van der Waals surface area (Å²) in [4.78, 5) is 36.3. The molecule has 3 rings (SSSR count). The molecule has 7 nitrogen and oxygen atoms in total. The van der Waals surface area contributed by atoms with Crippen LogP contribution in [0.25, 0.3) is 0 Å². The molecular weight excluding hydrogens is 408 g/mol. The van der Waals surface area contributed by atoms with Gasteiger partial charge < -0.3 is 18.9 Å². The highest BCUT2D eigenvalue weighted by atomic mass is 32.2. The molecule has 0 saturated carbocycles. The van der Waals surface area contributed by atoms with Gasteiger partial charge in [0.1, 0.15) is 24.1 Å². The second kappa shape index (κ2) is 10.3. The number of hydrogen-bond donors (Lipinski definition) is 0. The van der Waals surface area contributed by atoms with Crippen molar-refractivity contribution in [1.29, 1.82) is 0 Å². The van der Waals surface area contributed by atoms with Gasteiger partial charge in [-0.3, -0.25) is 4.79 Å². The molecule has 1 fully saturated rings. The van der Waals surface area contributed by atoms with E-state index in [-0.39, 0.29) is 6.61 Å². The maximum atomic E-state index is 12.6. The lowest BCUT2D eigenvalue weighted by molar-refractivity contribution is -0.174. The first kappa shape index (κ1) is 21.9. The van der Waals surface area contributed by atoms with Gasteiger partial charge in [-0.15, -0.1) is 0 Å². The normalized spacial score (nSPS) is 22.9. The Balaban J connectivity index is 1.74. The van der Waals surface area contributed by atoms with Gasteiger partial charge in [0, 0.05) is 6.92 Å². The molecule has 1 aliphatic heterocycles. The number of thioether (sulfide) groups is 1. The summed E-state index contributed by atoms with van der Waals surface area (Å²) in [5.74, 6) is -1.58. The summed E-state index contributed by atoms with van der Waals surface area (Å²) in [6, 6.07) is 17.1. The lowest BCUT2D eigenvalue weighted by Crippen LogP contribution is -2.38. The Hall–Kier alpha value is -2.84. The van der Waals surface area contributed by atoms with Crippen LogP contribution >= 0.6 is 11.8 Å². The Labute approximate surface area is 178 Å². The quantitative estimate of drug-likeness (QED) is 0.489. The van der Waals surface area contributed by atoms with Crippen LogP contribution in [-0.4, -0.2) is 54.5 Å². The Morgan fingerprint density at radius 3 is 2.00 bits per heavy atom. The van der Waals surface area contributed by atoms with Gasteiger partial charge in [-0.25, -0.2) is 9.59 Å². The zero-order valence-electron chi connectivity index (χ0n) is 16.6. The van der Waals surface area contributed by atoms with E-state index in [4.69, 9.17) is 18.9 Å². The monoisotopic (exact) mass is 430 g/mol. The lowest BCUT2D eigenvalue weighted by atomic mass is 10.1. The molecule has 158 valence electrons. The first-order valence-electron chi connectivity index (χ1n) is 9.33. The van der Waals surface area contributed by atoms with Crippen molar-refractivity contribution in [3.63, 3.8) is 0 Å². The first-order chi connectivity index (χ1) is 14.5. The fourth-order valence-corrected chi connectivity index (χ4v) is 3.90. The van der Waals surface area contributed by atoms with Gasteiger partial charge in [-0.1, -0.05) is 36.4 Å². The molecule has 0 aliphatic carbocycles. The Morgan fingerprint density at radius 1 is 0.900 bits per heavy atom. The molecular formula is C22H22O7S. The average Bonchev–Trinajstić information content (AvgIpc) is 3.08. The Morgan fingerprint density at radius 2 is 1.47 bits per heavy atom. The van der Waals surface area contributed by atoms with Crippen molar-refractivity contribution in [3.05, 3.63) is 71.8 Å². The van der Waals surface area contributed by atoms with Crippen molar-refractivity contribution in [2.24, 2.45) is 0 Å². The third-order valence-electron chi connectivity index (χ3n) is 4.46. The summed E-state index contributed by atoms with van der Waals surface area (Å²) in [7, 11) is 0. The van der Waals surface area contributed by atoms with Crippen LogP contribution in [0.3, 0.4) is 0 Å². The van der Waals surface area contributed by atoms with Gasteiger partial charge in [0.15, 0.2) is 0 Å². The fourth-order valence-electron chi connectivity index (χ4n) is 3.06. The number of carbonyl (C=O) groups excluding carboxylic acids is 3. The van der Waals surface area contributed by atoms with E-state index >= 15 is 0 Å². The largest absolute Gasteiger partial charge is 0.459 e. The second-order valence-electron chi connectivity index (χ2n) is 6.55. The lowest BCUT2D eigenvalue weighted by Gasteiger charge is -2.22. The number of ether oxygens (including phenoxy) is 4. The van der Waals surface area contributed by atoms with E-state index in [0.29, 0.717) is 11.1 Å². The Bertz CT molecular complexity index is 872. The SMILES string of the molecule is CS[C@H]1[C@H](OC(C)=O)O[C@H](COC(=O)c2ccccc2)[C@H]1OC(=O)c1ccccc1. The smallest absolute Gasteiger partial charge is 0.338 e. The van der Waals surface area contributed by atoms with Crippen LogP contribution in [0.5, 0.6) is 0 Å². The number of benzene rings is 2. The molecule has 0 spiro atoms. The minimum Gasteiger partial charge on any atom is -0.459 e. The summed E-state index contributed by atoms with van der Waals surface area (Å²) >= 11 is 1.34. The van der Waals surface area contributed by atoms with Crippen LogP contribution in [0.15, 0.2) is 60.7 Å². The number of esters is 3. The summed E-state index contributed by atoms with van der Waals surface area (Å²) in [6.07, 6.45) is -0.689. The number of carbonyl (C=O) groups is 3. The molecule has 1 heterocycles. The molecule has 4 atom stereocenters. The van der Waals surface area contributed by atoms with E-state index in [1.165, 1.54) is 18.7 Å². The van der Waals surface area contributed by atoms with Gasteiger partial charge in [-0.2, -0.15) is 11.8 Å². The van der Waals surface area contributed by atoms with Crippen molar-refractivity contribution in [3.8, 4) is 0 Å². The molecule has 0 unspecified atom stereocenters. The first-order valence-corrected chi connectivity index (χ1v) is 10.6. The van der Waals surface area contributed by atoms with Crippen molar-refractivity contribution >= 4 is 29.7 Å². The summed E-state index contributed by atoms with van der Waals surface area (Å²) in [5, 5.41) is -0.470. The van der Waals surface area contributed by atoms with Crippen molar-refractivity contribution in [2.75, 3.05) is 12.9 Å². The molecule has 0 amide bonds. The van der Waals surface area contributed by atoms with Crippen LogP contribution < -0.4 is 0 Å². The van der Waals surface area contributed by atoms with Crippen molar-refractivity contribution in [2.45, 2.75) is 30.7 Å². The van der Waals surface area contributed by atoms with E-state index < -0.39 is 41.7 Å². The predicted octanol–water partition coefficient (Wildman–Crippen LogP) is 3.09. The van der Waals surface area contributed by atoms with Gasteiger partial charge in [0.2, 0.25) is 6.29 Å². The molecule has 30 heavy (non-hydrogen) atoms. The molecule has 2 aromatic rings. The molecule has 8 heteroatoms. The third-order valence-corrected chi connectivity index (χ3v) is 5.50. The van der Waals surface area contributed by atoms with E-state index in [0.717, 1.165) is 0 Å². The zero-order valence-corrected chi connectivity index (χ0v) is 17.4. The van der Waals surface area contributed by atoms with E-state index in [1.54, 1.807) is 66.9 Å². The minimum absolute atomic E-state index is 0.157. The average molecular weight is 430 g/mol. The summed E-state index contributed by atoms with van der Waals surface area (Å²) in [6.45, 7) is 1.11. The molecule has 0 N–H and O–H groups in total. The molecule has 1 saturated heterocycles. The summed E-state index contributed by atoms with van der Waals surface area (Å²) < 4.78 is 22.1. The van der Waals surface area contributed by atoms with Crippen LogP contribution in [0, 0.1) is 0 Å². The van der Waals surface area contributed by atoms with E-state index in [1.807, 2.05) is 0 Å². The highest BCUT2D eigenvalue weighted by molar-refractivity contribution is 7.99. The standard InChI is InChI=1S/C22H22O7S/c1-14(23)27-22-19(30-2)18(29-21(25)16-11-7-4-8-12-16)17(28-22)13-26-20(24)15-9-5-3-6-10-15/h3-12,17-19,22H,13H2,1-2H3/t17-,18-,19-,22-/m1/s1. The fraction of sp³-hybridized carbons (Fsp3) is 0.318. The maximum absolute atomic E-state index is 12.6.